The maximum absolute atomic E-state index is 9.60. The molecule has 0 radical (unpaired) electrons. The summed E-state index contributed by atoms with van der Waals surface area (Å²) in [5.74, 6) is 0.635. The van der Waals surface area contributed by atoms with Gasteiger partial charge in [0.1, 0.15) is 0 Å². The van der Waals surface area contributed by atoms with Crippen LogP contribution in [0.15, 0.2) is 0 Å². The zero-order valence-electron chi connectivity index (χ0n) is 6.50. The van der Waals surface area contributed by atoms with Crippen molar-refractivity contribution in [3.05, 3.63) is 0 Å². The second-order valence-corrected chi connectivity index (χ2v) is 2.47. The van der Waals surface area contributed by atoms with Crippen molar-refractivity contribution in [3.8, 4) is 0 Å². The van der Waals surface area contributed by atoms with Gasteiger partial charge >= 0.3 is 0 Å². The Balaban J connectivity index is 2.83. The quantitative estimate of drug-likeness (QED) is 0.320. The zero-order valence-corrected chi connectivity index (χ0v) is 6.50. The van der Waals surface area contributed by atoms with Crippen LogP contribution in [-0.4, -0.2) is 19.9 Å². The molecule has 0 saturated carbocycles. The van der Waals surface area contributed by atoms with Gasteiger partial charge < -0.3 is 9.47 Å². The Morgan fingerprint density at radius 3 is 2.70 bits per heavy atom. The fraction of sp³-hybridized carbons (Fsp3) is 0.857. The molecule has 0 heterocycles. The molecule has 3 nitrogen and oxygen atoms in total. The van der Waals surface area contributed by atoms with E-state index in [1.807, 2.05) is 0 Å². The van der Waals surface area contributed by atoms with E-state index >= 15 is 0 Å². The van der Waals surface area contributed by atoms with Gasteiger partial charge in [-0.3, -0.25) is 4.79 Å². The highest BCUT2D eigenvalue weighted by Crippen LogP contribution is 1.98. The lowest BCUT2D eigenvalue weighted by molar-refractivity contribution is -0.140. The van der Waals surface area contributed by atoms with E-state index in [0.29, 0.717) is 19.0 Å². The Morgan fingerprint density at radius 2 is 2.20 bits per heavy atom. The van der Waals surface area contributed by atoms with Crippen molar-refractivity contribution in [2.45, 2.75) is 20.3 Å². The summed E-state index contributed by atoms with van der Waals surface area (Å²) in [6.07, 6.45) is 1.00. The van der Waals surface area contributed by atoms with Crippen molar-refractivity contribution < 1.29 is 14.3 Å². The highest BCUT2D eigenvalue weighted by atomic mass is 16.7. The first-order valence-corrected chi connectivity index (χ1v) is 3.40. The van der Waals surface area contributed by atoms with Gasteiger partial charge in [0, 0.05) is 0 Å². The maximum Gasteiger partial charge on any atom is 0.295 e. The number of carbonyl (C=O) groups is 1. The van der Waals surface area contributed by atoms with Gasteiger partial charge in [-0.15, -0.1) is 0 Å². The highest BCUT2D eigenvalue weighted by Gasteiger charge is 1.92. The molecule has 0 saturated heterocycles. The summed E-state index contributed by atoms with van der Waals surface area (Å²) in [5.41, 5.74) is 0. The van der Waals surface area contributed by atoms with Gasteiger partial charge in [0.2, 0.25) is 0 Å². The molecular formula is C7H14O3. The van der Waals surface area contributed by atoms with Crippen LogP contribution in [0, 0.1) is 5.92 Å². The van der Waals surface area contributed by atoms with E-state index < -0.39 is 0 Å². The molecule has 60 valence electrons. The van der Waals surface area contributed by atoms with Crippen molar-refractivity contribution in [1.29, 1.82) is 0 Å². The van der Waals surface area contributed by atoms with Crippen LogP contribution in [0.2, 0.25) is 0 Å². The van der Waals surface area contributed by atoms with Gasteiger partial charge in [-0.1, -0.05) is 13.8 Å². The van der Waals surface area contributed by atoms with Crippen molar-refractivity contribution >= 4 is 6.47 Å². The third kappa shape index (κ3) is 7.43. The lowest BCUT2D eigenvalue weighted by Crippen LogP contribution is -2.02. The second-order valence-electron chi connectivity index (χ2n) is 2.47. The molecule has 0 N–H and O–H groups in total. The number of hydrogen-bond donors (Lipinski definition) is 0. The SMILES string of the molecule is CC(C)CCOCOC=O. The molecule has 0 aliphatic heterocycles. The third-order valence-corrected chi connectivity index (χ3v) is 1.06. The molecular weight excluding hydrogens is 132 g/mol. The molecule has 0 aromatic heterocycles. The molecule has 3 heteroatoms. The summed E-state index contributed by atoms with van der Waals surface area (Å²) in [6.45, 7) is 5.35. The average molecular weight is 146 g/mol. The molecule has 0 fully saturated rings. The highest BCUT2D eigenvalue weighted by molar-refractivity contribution is 5.36. The smallest absolute Gasteiger partial charge is 0.295 e. The van der Waals surface area contributed by atoms with Crippen LogP contribution in [-0.2, 0) is 14.3 Å². The topological polar surface area (TPSA) is 35.5 Å². The van der Waals surface area contributed by atoms with Crippen molar-refractivity contribution in [2.75, 3.05) is 13.4 Å². The molecule has 0 unspecified atom stereocenters. The fourth-order valence-corrected chi connectivity index (χ4v) is 0.454. The Bertz CT molecular complexity index is 80.9. The summed E-state index contributed by atoms with van der Waals surface area (Å²) in [7, 11) is 0. The van der Waals surface area contributed by atoms with Crippen LogP contribution in [0.3, 0.4) is 0 Å². The Hall–Kier alpha value is -0.570. The first-order chi connectivity index (χ1) is 4.77. The predicted molar refractivity (Wildman–Crippen MR) is 37.4 cm³/mol. The van der Waals surface area contributed by atoms with Gasteiger partial charge in [0.15, 0.2) is 6.79 Å². The summed E-state index contributed by atoms with van der Waals surface area (Å²) >= 11 is 0. The second kappa shape index (κ2) is 6.55. The first kappa shape index (κ1) is 9.43. The number of ether oxygens (including phenoxy) is 2. The minimum Gasteiger partial charge on any atom is -0.441 e. The molecule has 0 aliphatic rings. The van der Waals surface area contributed by atoms with Gasteiger partial charge in [-0.2, -0.15) is 0 Å². The Labute approximate surface area is 61.3 Å². The van der Waals surface area contributed by atoms with Crippen LogP contribution in [0.5, 0.6) is 0 Å². The molecule has 10 heavy (non-hydrogen) atoms. The average Bonchev–Trinajstić information content (AvgIpc) is 1.87. The summed E-state index contributed by atoms with van der Waals surface area (Å²) in [6, 6.07) is 0. The standard InChI is InChI=1S/C7H14O3/c1-7(2)3-4-9-6-10-5-8/h5,7H,3-4,6H2,1-2H3. The molecule has 0 amide bonds. The minimum absolute atomic E-state index is 0.0796. The molecule has 0 spiro atoms. The summed E-state index contributed by atoms with van der Waals surface area (Å²) in [4.78, 5) is 9.60. The van der Waals surface area contributed by atoms with E-state index in [-0.39, 0.29) is 6.79 Å². The molecule has 0 bridgehead atoms. The van der Waals surface area contributed by atoms with Gasteiger partial charge in [-0.25, -0.2) is 0 Å². The first-order valence-electron chi connectivity index (χ1n) is 3.40. The molecule has 0 atom stereocenters. The van der Waals surface area contributed by atoms with E-state index in [1.54, 1.807) is 0 Å². The number of hydrogen-bond acceptors (Lipinski definition) is 3. The molecule has 0 aliphatic carbocycles. The summed E-state index contributed by atoms with van der Waals surface area (Å²) in [5, 5.41) is 0. The third-order valence-electron chi connectivity index (χ3n) is 1.06. The molecule has 0 aromatic rings. The van der Waals surface area contributed by atoms with Crippen LogP contribution in [0.25, 0.3) is 0 Å². The molecule has 0 rings (SSSR count). The normalized spacial score (nSPS) is 9.90. The monoisotopic (exact) mass is 146 g/mol. The fourth-order valence-electron chi connectivity index (χ4n) is 0.454. The van der Waals surface area contributed by atoms with Crippen molar-refractivity contribution in [2.24, 2.45) is 5.92 Å². The van der Waals surface area contributed by atoms with Crippen molar-refractivity contribution in [1.82, 2.24) is 0 Å². The number of rotatable bonds is 6. The van der Waals surface area contributed by atoms with Crippen LogP contribution in [0.4, 0.5) is 0 Å². The zero-order chi connectivity index (χ0) is 7.82. The number of carbonyl (C=O) groups excluding carboxylic acids is 1. The van der Waals surface area contributed by atoms with E-state index in [2.05, 4.69) is 18.6 Å². The summed E-state index contributed by atoms with van der Waals surface area (Å²) < 4.78 is 9.24. The van der Waals surface area contributed by atoms with E-state index in [1.165, 1.54) is 0 Å². The van der Waals surface area contributed by atoms with Gasteiger partial charge in [0.05, 0.1) is 6.61 Å². The maximum atomic E-state index is 9.60. The van der Waals surface area contributed by atoms with E-state index in [9.17, 15) is 4.79 Å². The Kier molecular flexibility index (Phi) is 6.18. The lowest BCUT2D eigenvalue weighted by atomic mass is 10.1. The van der Waals surface area contributed by atoms with E-state index in [0.717, 1.165) is 6.42 Å². The largest absolute Gasteiger partial charge is 0.441 e. The minimum atomic E-state index is 0.0796. The molecule has 0 aromatic carbocycles. The van der Waals surface area contributed by atoms with Gasteiger partial charge in [-0.05, 0) is 12.3 Å². The Morgan fingerprint density at radius 1 is 1.50 bits per heavy atom. The van der Waals surface area contributed by atoms with E-state index in [4.69, 9.17) is 4.74 Å². The lowest BCUT2D eigenvalue weighted by Gasteiger charge is -2.03. The van der Waals surface area contributed by atoms with Crippen LogP contribution >= 0.6 is 0 Å². The van der Waals surface area contributed by atoms with Crippen LogP contribution < -0.4 is 0 Å². The van der Waals surface area contributed by atoms with Crippen molar-refractivity contribution in [3.63, 3.8) is 0 Å². The van der Waals surface area contributed by atoms with Crippen LogP contribution in [0.1, 0.15) is 20.3 Å². The predicted octanol–water partition coefficient (Wildman–Crippen LogP) is 1.18. The van der Waals surface area contributed by atoms with Gasteiger partial charge in [0.25, 0.3) is 6.47 Å².